The van der Waals surface area contributed by atoms with Crippen LogP contribution in [-0.4, -0.2) is 15.8 Å². The molecular formula is C13H12N2O. The lowest BCUT2D eigenvalue weighted by molar-refractivity contribution is 0.0992. The highest BCUT2D eigenvalue weighted by molar-refractivity contribution is 5.97. The van der Waals surface area contributed by atoms with E-state index in [0.29, 0.717) is 12.0 Å². The Morgan fingerprint density at radius 1 is 1.19 bits per heavy atom. The molecule has 0 aromatic carbocycles. The maximum atomic E-state index is 11.8. The van der Waals surface area contributed by atoms with Crippen LogP contribution >= 0.6 is 0 Å². The minimum atomic E-state index is 0.0683. The van der Waals surface area contributed by atoms with E-state index >= 15 is 0 Å². The zero-order valence-corrected chi connectivity index (χ0v) is 9.05. The van der Waals surface area contributed by atoms with Gasteiger partial charge in [0.15, 0.2) is 5.78 Å². The molecule has 3 heteroatoms. The molecule has 2 aromatic heterocycles. The van der Waals surface area contributed by atoms with E-state index in [-0.39, 0.29) is 5.78 Å². The zero-order valence-electron chi connectivity index (χ0n) is 9.05. The molecule has 2 aromatic rings. The number of carbonyl (C=O) groups excluding carboxylic acids is 1. The summed E-state index contributed by atoms with van der Waals surface area (Å²) in [4.78, 5) is 19.9. The molecule has 0 amide bonds. The Labute approximate surface area is 94.2 Å². The van der Waals surface area contributed by atoms with Crippen molar-refractivity contribution in [3.05, 3.63) is 59.7 Å². The molecule has 0 atom stereocenters. The second kappa shape index (κ2) is 4.66. The Kier molecular flexibility index (Phi) is 3.05. The number of aromatic nitrogens is 2. The average molecular weight is 212 g/mol. The number of aryl methyl sites for hydroxylation is 1. The van der Waals surface area contributed by atoms with E-state index in [1.54, 1.807) is 30.7 Å². The van der Waals surface area contributed by atoms with Crippen LogP contribution in [0.15, 0.2) is 42.9 Å². The summed E-state index contributed by atoms with van der Waals surface area (Å²) in [6.07, 6.45) is 5.35. The van der Waals surface area contributed by atoms with Gasteiger partial charge in [0.1, 0.15) is 0 Å². The summed E-state index contributed by atoms with van der Waals surface area (Å²) in [5.74, 6) is 0.0683. The largest absolute Gasteiger partial charge is 0.294 e. The van der Waals surface area contributed by atoms with E-state index in [0.717, 1.165) is 11.3 Å². The molecule has 0 radical (unpaired) electrons. The van der Waals surface area contributed by atoms with E-state index in [9.17, 15) is 4.79 Å². The van der Waals surface area contributed by atoms with E-state index in [1.807, 2.05) is 19.1 Å². The summed E-state index contributed by atoms with van der Waals surface area (Å²) in [5, 5.41) is 0. The Morgan fingerprint density at radius 3 is 2.56 bits per heavy atom. The zero-order chi connectivity index (χ0) is 11.4. The molecule has 0 saturated carbocycles. The van der Waals surface area contributed by atoms with E-state index in [4.69, 9.17) is 0 Å². The third-order valence-electron chi connectivity index (χ3n) is 2.32. The van der Waals surface area contributed by atoms with E-state index in [1.165, 1.54) is 0 Å². The van der Waals surface area contributed by atoms with Gasteiger partial charge < -0.3 is 0 Å². The van der Waals surface area contributed by atoms with Crippen LogP contribution in [0.2, 0.25) is 0 Å². The third-order valence-corrected chi connectivity index (χ3v) is 2.32. The standard InChI is InChI=1S/C13H12N2O/c1-10-2-3-12(15-9-10)8-13(16)11-4-6-14-7-5-11/h2-7,9H,8H2,1H3. The normalized spacial score (nSPS) is 10.1. The third kappa shape index (κ3) is 2.51. The maximum Gasteiger partial charge on any atom is 0.168 e. The fraction of sp³-hybridized carbons (Fsp3) is 0.154. The van der Waals surface area contributed by atoms with Gasteiger partial charge in [-0.05, 0) is 30.7 Å². The quantitative estimate of drug-likeness (QED) is 0.732. The summed E-state index contributed by atoms with van der Waals surface area (Å²) >= 11 is 0. The first-order valence-corrected chi connectivity index (χ1v) is 5.10. The minimum absolute atomic E-state index is 0.0683. The molecule has 0 bridgehead atoms. The lowest BCUT2D eigenvalue weighted by Crippen LogP contribution is -2.04. The van der Waals surface area contributed by atoms with E-state index in [2.05, 4.69) is 9.97 Å². The number of hydrogen-bond donors (Lipinski definition) is 0. The number of rotatable bonds is 3. The Bertz CT molecular complexity index is 477. The van der Waals surface area contributed by atoms with Crippen molar-refractivity contribution < 1.29 is 4.79 Å². The highest BCUT2D eigenvalue weighted by Gasteiger charge is 2.06. The highest BCUT2D eigenvalue weighted by atomic mass is 16.1. The fourth-order valence-corrected chi connectivity index (χ4v) is 1.41. The van der Waals surface area contributed by atoms with Gasteiger partial charge in [-0.3, -0.25) is 14.8 Å². The lowest BCUT2D eigenvalue weighted by atomic mass is 10.1. The van der Waals surface area contributed by atoms with Gasteiger partial charge >= 0.3 is 0 Å². The predicted molar refractivity (Wildman–Crippen MR) is 61.2 cm³/mol. The Balaban J connectivity index is 2.11. The molecule has 0 aliphatic heterocycles. The van der Waals surface area contributed by atoms with Crippen molar-refractivity contribution in [3.8, 4) is 0 Å². The second-order valence-corrected chi connectivity index (χ2v) is 3.66. The van der Waals surface area contributed by atoms with Gasteiger partial charge in [-0.25, -0.2) is 0 Å². The van der Waals surface area contributed by atoms with Crippen LogP contribution in [0, 0.1) is 6.92 Å². The molecule has 3 nitrogen and oxygen atoms in total. The maximum absolute atomic E-state index is 11.8. The van der Waals surface area contributed by atoms with Crippen molar-refractivity contribution in [3.63, 3.8) is 0 Å². The van der Waals surface area contributed by atoms with Gasteiger partial charge in [0.05, 0.1) is 6.42 Å². The van der Waals surface area contributed by atoms with Crippen molar-refractivity contribution in [1.82, 2.24) is 9.97 Å². The molecule has 0 spiro atoms. The summed E-state index contributed by atoms with van der Waals surface area (Å²) in [7, 11) is 0. The lowest BCUT2D eigenvalue weighted by Gasteiger charge is -2.00. The van der Waals surface area contributed by atoms with Gasteiger partial charge in [0.25, 0.3) is 0 Å². The minimum Gasteiger partial charge on any atom is -0.294 e. The van der Waals surface area contributed by atoms with Crippen molar-refractivity contribution in [2.75, 3.05) is 0 Å². The highest BCUT2D eigenvalue weighted by Crippen LogP contribution is 2.05. The number of carbonyl (C=O) groups is 1. The van der Waals surface area contributed by atoms with Crippen LogP contribution in [0.5, 0.6) is 0 Å². The number of Topliss-reactive ketones (excluding diaryl/α,β-unsaturated/α-hetero) is 1. The molecule has 0 unspecified atom stereocenters. The van der Waals surface area contributed by atoms with Crippen LogP contribution in [-0.2, 0) is 6.42 Å². The summed E-state index contributed by atoms with van der Waals surface area (Å²) < 4.78 is 0. The number of hydrogen-bond acceptors (Lipinski definition) is 3. The van der Waals surface area contributed by atoms with Crippen LogP contribution in [0.4, 0.5) is 0 Å². The summed E-state index contributed by atoms with van der Waals surface area (Å²) in [6, 6.07) is 7.28. The molecule has 2 heterocycles. The van der Waals surface area contributed by atoms with Crippen molar-refractivity contribution in [2.45, 2.75) is 13.3 Å². The second-order valence-electron chi connectivity index (χ2n) is 3.66. The smallest absolute Gasteiger partial charge is 0.168 e. The van der Waals surface area contributed by atoms with Crippen molar-refractivity contribution in [2.24, 2.45) is 0 Å². The molecule has 0 fully saturated rings. The van der Waals surface area contributed by atoms with Crippen LogP contribution in [0.1, 0.15) is 21.6 Å². The number of pyridine rings is 2. The fourth-order valence-electron chi connectivity index (χ4n) is 1.41. The van der Waals surface area contributed by atoms with Crippen molar-refractivity contribution in [1.29, 1.82) is 0 Å². The van der Waals surface area contributed by atoms with Crippen molar-refractivity contribution >= 4 is 5.78 Å². The summed E-state index contributed by atoms with van der Waals surface area (Å²) in [5.41, 5.74) is 2.57. The van der Waals surface area contributed by atoms with Crippen LogP contribution in [0.3, 0.4) is 0 Å². The van der Waals surface area contributed by atoms with Gasteiger partial charge in [-0.15, -0.1) is 0 Å². The number of nitrogens with zero attached hydrogens (tertiary/aromatic N) is 2. The topological polar surface area (TPSA) is 42.9 Å². The summed E-state index contributed by atoms with van der Waals surface area (Å²) in [6.45, 7) is 1.97. The first-order chi connectivity index (χ1) is 7.75. The average Bonchev–Trinajstić information content (AvgIpc) is 2.33. The van der Waals surface area contributed by atoms with Gasteiger partial charge in [0.2, 0.25) is 0 Å². The molecule has 0 saturated heterocycles. The van der Waals surface area contributed by atoms with Crippen LogP contribution in [0.25, 0.3) is 0 Å². The molecule has 0 aliphatic carbocycles. The first kappa shape index (κ1) is 10.5. The molecular weight excluding hydrogens is 200 g/mol. The Hall–Kier alpha value is -2.03. The molecule has 0 N–H and O–H groups in total. The van der Waals surface area contributed by atoms with E-state index < -0.39 is 0 Å². The van der Waals surface area contributed by atoms with Gasteiger partial charge in [-0.2, -0.15) is 0 Å². The molecule has 80 valence electrons. The molecule has 2 rings (SSSR count). The van der Waals surface area contributed by atoms with Gasteiger partial charge in [-0.1, -0.05) is 6.07 Å². The molecule has 0 aliphatic rings. The Morgan fingerprint density at radius 2 is 1.94 bits per heavy atom. The van der Waals surface area contributed by atoms with Gasteiger partial charge in [0, 0.05) is 29.8 Å². The first-order valence-electron chi connectivity index (χ1n) is 5.10. The number of ketones is 1. The predicted octanol–water partition coefficient (Wildman–Crippen LogP) is 2.21. The molecule has 16 heavy (non-hydrogen) atoms. The monoisotopic (exact) mass is 212 g/mol. The van der Waals surface area contributed by atoms with Crippen LogP contribution < -0.4 is 0 Å². The SMILES string of the molecule is Cc1ccc(CC(=O)c2ccncc2)nc1.